The first-order valence-electron chi connectivity index (χ1n) is 6.28. The number of piperidine rings is 1. The van der Waals surface area contributed by atoms with Gasteiger partial charge >= 0.3 is 0 Å². The predicted octanol–water partition coefficient (Wildman–Crippen LogP) is 2.30. The van der Waals surface area contributed by atoms with Crippen molar-refractivity contribution >= 4 is 5.78 Å². The van der Waals surface area contributed by atoms with Gasteiger partial charge < -0.3 is 5.32 Å². The molecule has 0 amide bonds. The first kappa shape index (κ1) is 10.9. The second-order valence-corrected chi connectivity index (χ2v) is 4.76. The molecule has 0 aromatic carbocycles. The third kappa shape index (κ3) is 2.91. The van der Waals surface area contributed by atoms with Crippen LogP contribution in [0.15, 0.2) is 12.2 Å². The predicted molar refractivity (Wildman–Crippen MR) is 61.7 cm³/mol. The molecule has 1 aliphatic heterocycles. The van der Waals surface area contributed by atoms with Crippen LogP contribution in [0, 0.1) is 11.8 Å². The van der Waals surface area contributed by atoms with Crippen LogP contribution in [0.4, 0.5) is 0 Å². The van der Waals surface area contributed by atoms with Crippen molar-refractivity contribution in [2.24, 2.45) is 11.8 Å². The van der Waals surface area contributed by atoms with Crippen molar-refractivity contribution in [1.82, 2.24) is 5.32 Å². The van der Waals surface area contributed by atoms with Gasteiger partial charge in [0.05, 0.1) is 0 Å². The SMILES string of the molecule is O=C1CCNCC1C1/C=C\CCCCC1. The molecule has 0 saturated carbocycles. The molecule has 1 aliphatic carbocycles. The quantitative estimate of drug-likeness (QED) is 0.668. The molecule has 1 saturated heterocycles. The van der Waals surface area contributed by atoms with E-state index < -0.39 is 0 Å². The molecule has 2 aliphatic rings. The molecule has 2 atom stereocenters. The molecule has 0 aromatic heterocycles. The first-order valence-corrected chi connectivity index (χ1v) is 6.28. The van der Waals surface area contributed by atoms with Crippen LogP contribution in [-0.2, 0) is 4.79 Å². The van der Waals surface area contributed by atoms with Gasteiger partial charge in [-0.1, -0.05) is 25.0 Å². The molecule has 1 heterocycles. The van der Waals surface area contributed by atoms with Gasteiger partial charge in [0.1, 0.15) is 5.78 Å². The van der Waals surface area contributed by atoms with Crippen molar-refractivity contribution in [2.45, 2.75) is 38.5 Å². The summed E-state index contributed by atoms with van der Waals surface area (Å²) in [5.41, 5.74) is 0. The topological polar surface area (TPSA) is 29.1 Å². The Balaban J connectivity index is 1.99. The van der Waals surface area contributed by atoms with Gasteiger partial charge in [0, 0.05) is 25.4 Å². The molecular formula is C13H21NO. The second-order valence-electron chi connectivity index (χ2n) is 4.76. The third-order valence-electron chi connectivity index (χ3n) is 3.63. The fraction of sp³-hybridized carbons (Fsp3) is 0.769. The highest BCUT2D eigenvalue weighted by Gasteiger charge is 2.28. The third-order valence-corrected chi connectivity index (χ3v) is 3.63. The maximum atomic E-state index is 11.8. The van der Waals surface area contributed by atoms with E-state index in [0.717, 1.165) is 19.5 Å². The van der Waals surface area contributed by atoms with Crippen LogP contribution in [0.5, 0.6) is 0 Å². The molecule has 0 bridgehead atoms. The standard InChI is InChI=1S/C13H21NO/c15-13-8-9-14-10-12(13)11-6-4-2-1-3-5-7-11/h4,6,11-12,14H,1-3,5,7-10H2/b6-4-. The Hall–Kier alpha value is -0.630. The summed E-state index contributed by atoms with van der Waals surface area (Å²) in [6, 6.07) is 0. The number of carbonyl (C=O) groups excluding carboxylic acids is 1. The Morgan fingerprint density at radius 2 is 2.20 bits per heavy atom. The minimum absolute atomic E-state index is 0.258. The Morgan fingerprint density at radius 3 is 3.07 bits per heavy atom. The summed E-state index contributed by atoms with van der Waals surface area (Å²) >= 11 is 0. The van der Waals surface area contributed by atoms with Crippen molar-refractivity contribution < 1.29 is 4.79 Å². The Bertz CT molecular complexity index is 247. The summed E-state index contributed by atoms with van der Waals surface area (Å²) in [6.45, 7) is 1.78. The lowest BCUT2D eigenvalue weighted by Gasteiger charge is -2.28. The summed E-state index contributed by atoms with van der Waals surface area (Å²) in [5.74, 6) is 1.24. The van der Waals surface area contributed by atoms with Crippen molar-refractivity contribution in [3.8, 4) is 0 Å². The highest BCUT2D eigenvalue weighted by Crippen LogP contribution is 2.26. The zero-order valence-electron chi connectivity index (χ0n) is 9.37. The van der Waals surface area contributed by atoms with E-state index in [1.54, 1.807) is 0 Å². The van der Waals surface area contributed by atoms with E-state index in [1.807, 2.05) is 0 Å². The van der Waals surface area contributed by atoms with Crippen LogP contribution in [0.3, 0.4) is 0 Å². The van der Waals surface area contributed by atoms with Crippen LogP contribution >= 0.6 is 0 Å². The number of hydrogen-bond acceptors (Lipinski definition) is 2. The molecule has 1 fully saturated rings. The highest BCUT2D eigenvalue weighted by molar-refractivity contribution is 5.82. The van der Waals surface area contributed by atoms with Crippen LogP contribution in [-0.4, -0.2) is 18.9 Å². The van der Waals surface area contributed by atoms with Crippen molar-refractivity contribution in [3.05, 3.63) is 12.2 Å². The Kier molecular flexibility index (Phi) is 3.95. The number of rotatable bonds is 1. The lowest BCUT2D eigenvalue weighted by Crippen LogP contribution is -2.40. The Labute approximate surface area is 92.1 Å². The van der Waals surface area contributed by atoms with Crippen LogP contribution in [0.1, 0.15) is 38.5 Å². The molecule has 2 nitrogen and oxygen atoms in total. The van der Waals surface area contributed by atoms with E-state index in [4.69, 9.17) is 0 Å². The van der Waals surface area contributed by atoms with Crippen molar-refractivity contribution in [2.75, 3.05) is 13.1 Å². The molecule has 0 radical (unpaired) electrons. The fourth-order valence-electron chi connectivity index (χ4n) is 2.68. The van der Waals surface area contributed by atoms with Crippen LogP contribution < -0.4 is 5.32 Å². The van der Waals surface area contributed by atoms with Crippen molar-refractivity contribution in [3.63, 3.8) is 0 Å². The first-order chi connectivity index (χ1) is 7.38. The number of hydrogen-bond donors (Lipinski definition) is 1. The van der Waals surface area contributed by atoms with Gasteiger partial charge in [-0.15, -0.1) is 0 Å². The van der Waals surface area contributed by atoms with Gasteiger partial charge in [-0.25, -0.2) is 0 Å². The lowest BCUT2D eigenvalue weighted by atomic mass is 9.81. The number of ketones is 1. The van der Waals surface area contributed by atoms with E-state index in [9.17, 15) is 4.79 Å². The minimum Gasteiger partial charge on any atom is -0.316 e. The van der Waals surface area contributed by atoms with E-state index in [0.29, 0.717) is 11.7 Å². The summed E-state index contributed by atoms with van der Waals surface area (Å²) in [6.07, 6.45) is 11.7. The summed E-state index contributed by atoms with van der Waals surface area (Å²) < 4.78 is 0. The summed E-state index contributed by atoms with van der Waals surface area (Å²) in [7, 11) is 0. The highest BCUT2D eigenvalue weighted by atomic mass is 16.1. The van der Waals surface area contributed by atoms with Gasteiger partial charge in [-0.3, -0.25) is 4.79 Å². The van der Waals surface area contributed by atoms with Gasteiger partial charge in [-0.05, 0) is 25.2 Å². The lowest BCUT2D eigenvalue weighted by molar-refractivity contribution is -0.125. The zero-order chi connectivity index (χ0) is 10.5. The second kappa shape index (κ2) is 5.45. The average molecular weight is 207 g/mol. The van der Waals surface area contributed by atoms with Crippen molar-refractivity contribution in [1.29, 1.82) is 0 Å². The summed E-state index contributed by atoms with van der Waals surface area (Å²) in [4.78, 5) is 11.8. The number of nitrogens with one attached hydrogen (secondary N) is 1. The normalized spacial score (nSPS) is 35.6. The molecule has 15 heavy (non-hydrogen) atoms. The Morgan fingerprint density at radius 1 is 1.27 bits per heavy atom. The fourth-order valence-corrected chi connectivity index (χ4v) is 2.68. The molecule has 0 spiro atoms. The molecule has 2 rings (SSSR count). The molecular weight excluding hydrogens is 186 g/mol. The van der Waals surface area contributed by atoms with E-state index in [1.165, 1.54) is 32.1 Å². The molecule has 1 N–H and O–H groups in total. The van der Waals surface area contributed by atoms with Gasteiger partial charge in [0.15, 0.2) is 0 Å². The van der Waals surface area contributed by atoms with E-state index >= 15 is 0 Å². The van der Waals surface area contributed by atoms with E-state index in [-0.39, 0.29) is 5.92 Å². The molecule has 2 unspecified atom stereocenters. The van der Waals surface area contributed by atoms with Gasteiger partial charge in [0.2, 0.25) is 0 Å². The largest absolute Gasteiger partial charge is 0.316 e. The number of Topliss-reactive ketones (excluding diaryl/α,β-unsaturated/α-hetero) is 1. The van der Waals surface area contributed by atoms with Crippen LogP contribution in [0.2, 0.25) is 0 Å². The monoisotopic (exact) mass is 207 g/mol. The van der Waals surface area contributed by atoms with E-state index in [2.05, 4.69) is 17.5 Å². The van der Waals surface area contributed by atoms with Crippen LogP contribution in [0.25, 0.3) is 0 Å². The zero-order valence-corrected chi connectivity index (χ0v) is 9.37. The molecule has 0 aromatic rings. The smallest absolute Gasteiger partial charge is 0.139 e. The summed E-state index contributed by atoms with van der Waals surface area (Å²) in [5, 5.41) is 3.34. The minimum atomic E-state index is 0.258. The molecule has 84 valence electrons. The van der Waals surface area contributed by atoms with Gasteiger partial charge in [-0.2, -0.15) is 0 Å². The number of allylic oxidation sites excluding steroid dienone is 2. The maximum Gasteiger partial charge on any atom is 0.139 e. The molecule has 2 heteroatoms. The number of carbonyl (C=O) groups is 1. The van der Waals surface area contributed by atoms with Gasteiger partial charge in [0.25, 0.3) is 0 Å². The maximum absolute atomic E-state index is 11.8. The average Bonchev–Trinajstić information content (AvgIpc) is 2.19.